The van der Waals surface area contributed by atoms with E-state index in [0.29, 0.717) is 29.7 Å². The zero-order chi connectivity index (χ0) is 24.1. The van der Waals surface area contributed by atoms with E-state index in [-0.39, 0.29) is 24.7 Å². The zero-order valence-electron chi connectivity index (χ0n) is 18.9. The molecule has 1 saturated carbocycles. The van der Waals surface area contributed by atoms with Crippen LogP contribution in [-0.4, -0.2) is 47.7 Å². The maximum Gasteiger partial charge on any atom is 0.329 e. The highest BCUT2D eigenvalue weighted by Gasteiger charge is 2.29. The van der Waals surface area contributed by atoms with Crippen molar-refractivity contribution in [3.63, 3.8) is 0 Å². The van der Waals surface area contributed by atoms with E-state index in [1.807, 2.05) is 18.2 Å². The molecule has 4 rings (SSSR count). The molecular weight excluding hydrogens is 458 g/mol. The lowest BCUT2D eigenvalue weighted by atomic mass is 9.97. The van der Waals surface area contributed by atoms with E-state index in [9.17, 15) is 14.7 Å². The third-order valence-electron chi connectivity index (χ3n) is 6.34. The van der Waals surface area contributed by atoms with Crippen LogP contribution < -0.4 is 11.0 Å². The summed E-state index contributed by atoms with van der Waals surface area (Å²) >= 11 is 6.27. The lowest BCUT2D eigenvalue weighted by molar-refractivity contribution is -0.119. The van der Waals surface area contributed by atoms with E-state index in [0.717, 1.165) is 31.2 Å². The van der Waals surface area contributed by atoms with Gasteiger partial charge in [0.2, 0.25) is 5.91 Å². The second kappa shape index (κ2) is 11.0. The Hall–Kier alpha value is -2.88. The number of anilines is 1. The van der Waals surface area contributed by atoms with Gasteiger partial charge in [-0.1, -0.05) is 55.5 Å². The number of nitrogens with zero attached hydrogens (tertiary/aromatic N) is 4. The first-order valence-electron chi connectivity index (χ1n) is 11.6. The molecule has 1 fully saturated rings. The lowest BCUT2D eigenvalue weighted by Crippen LogP contribution is -2.35. The molecule has 0 saturated heterocycles. The highest BCUT2D eigenvalue weighted by atomic mass is 35.5. The molecule has 3 N–H and O–H groups in total. The van der Waals surface area contributed by atoms with Gasteiger partial charge in [0.05, 0.1) is 25.8 Å². The Morgan fingerprint density at radius 1 is 1.18 bits per heavy atom. The highest BCUT2D eigenvalue weighted by molar-refractivity contribution is 6.31. The van der Waals surface area contributed by atoms with Crippen molar-refractivity contribution in [3.05, 3.63) is 70.0 Å². The fourth-order valence-corrected chi connectivity index (χ4v) is 4.71. The van der Waals surface area contributed by atoms with Gasteiger partial charge in [-0.25, -0.2) is 4.79 Å². The maximum absolute atomic E-state index is 13.3. The number of benzene rings is 1. The highest BCUT2D eigenvalue weighted by Crippen LogP contribution is 2.32. The Labute approximate surface area is 202 Å². The van der Waals surface area contributed by atoms with Crippen molar-refractivity contribution in [2.24, 2.45) is 5.92 Å². The topological polar surface area (TPSA) is 114 Å². The van der Waals surface area contributed by atoms with Gasteiger partial charge in [-0.3, -0.25) is 18.6 Å². The molecule has 9 nitrogen and oxygen atoms in total. The van der Waals surface area contributed by atoms with Crippen molar-refractivity contribution >= 4 is 23.3 Å². The van der Waals surface area contributed by atoms with Crippen LogP contribution in [0.4, 0.5) is 5.82 Å². The maximum atomic E-state index is 13.3. The van der Waals surface area contributed by atoms with Gasteiger partial charge in [0.25, 0.3) is 0 Å². The molecular formula is C24H30ClN5O4. The number of rotatable bonds is 10. The normalized spacial score (nSPS) is 16.0. The van der Waals surface area contributed by atoms with E-state index in [1.54, 1.807) is 35.3 Å². The molecule has 3 aromatic rings. The second-order valence-corrected chi connectivity index (χ2v) is 9.27. The van der Waals surface area contributed by atoms with Gasteiger partial charge in [-0.05, 0) is 24.0 Å². The number of amides is 1. The number of imidazole rings is 1. The van der Waals surface area contributed by atoms with E-state index in [2.05, 4.69) is 10.4 Å². The fraction of sp³-hybridized carbons (Fsp3) is 0.458. The number of halogens is 1. The van der Waals surface area contributed by atoms with Gasteiger partial charge >= 0.3 is 5.69 Å². The van der Waals surface area contributed by atoms with E-state index < -0.39 is 12.1 Å². The largest absolute Gasteiger partial charge is 0.394 e. The van der Waals surface area contributed by atoms with Crippen molar-refractivity contribution in [2.45, 2.75) is 57.3 Å². The summed E-state index contributed by atoms with van der Waals surface area (Å²) in [4.78, 5) is 26.6. The van der Waals surface area contributed by atoms with Gasteiger partial charge in [0.15, 0.2) is 5.82 Å². The fourth-order valence-electron chi connectivity index (χ4n) is 4.52. The van der Waals surface area contributed by atoms with Gasteiger partial charge in [-0.2, -0.15) is 5.10 Å². The summed E-state index contributed by atoms with van der Waals surface area (Å²) in [7, 11) is 0. The molecule has 10 heteroatoms. The van der Waals surface area contributed by atoms with Crippen molar-refractivity contribution in [2.75, 3.05) is 11.9 Å². The zero-order valence-corrected chi connectivity index (χ0v) is 19.6. The van der Waals surface area contributed by atoms with Crippen LogP contribution in [0.5, 0.6) is 0 Å². The molecule has 1 aliphatic rings. The van der Waals surface area contributed by atoms with Gasteiger partial charge in [-0.15, -0.1) is 0 Å². The van der Waals surface area contributed by atoms with Crippen LogP contribution in [0.2, 0.25) is 5.02 Å². The van der Waals surface area contributed by atoms with Crippen molar-refractivity contribution < 1.29 is 15.0 Å². The Balaban J connectivity index is 1.54. The van der Waals surface area contributed by atoms with Crippen LogP contribution in [0.3, 0.4) is 0 Å². The molecule has 1 aliphatic carbocycles. The number of hydrogen-bond acceptors (Lipinski definition) is 5. The SMILES string of the molecule is O=C(Nc1ccn(C[C@@H](O)CO)n1)[C@H](CC1CCCC1)n1ccn(Cc2ccccc2Cl)c1=O. The summed E-state index contributed by atoms with van der Waals surface area (Å²) < 4.78 is 4.51. The summed E-state index contributed by atoms with van der Waals surface area (Å²) in [6.07, 6.45) is 8.98. The first-order valence-corrected chi connectivity index (χ1v) is 12.0. The van der Waals surface area contributed by atoms with Gasteiger partial charge in [0, 0.05) is 29.7 Å². The molecule has 182 valence electrons. The van der Waals surface area contributed by atoms with Crippen molar-refractivity contribution in [3.8, 4) is 0 Å². The molecule has 2 atom stereocenters. The minimum atomic E-state index is -0.935. The number of aliphatic hydroxyl groups excluding tert-OH is 2. The average Bonchev–Trinajstić information content (AvgIpc) is 3.57. The molecule has 1 amide bonds. The monoisotopic (exact) mass is 487 g/mol. The number of carbonyl (C=O) groups is 1. The summed E-state index contributed by atoms with van der Waals surface area (Å²) in [5.41, 5.74) is 0.561. The predicted molar refractivity (Wildman–Crippen MR) is 129 cm³/mol. The predicted octanol–water partition coefficient (Wildman–Crippen LogP) is 2.66. The number of aromatic nitrogens is 4. The van der Waals surface area contributed by atoms with Crippen molar-refractivity contribution in [1.29, 1.82) is 0 Å². The molecule has 0 spiro atoms. The molecule has 2 aromatic heterocycles. The Morgan fingerprint density at radius 2 is 1.94 bits per heavy atom. The molecule has 0 radical (unpaired) electrons. The van der Waals surface area contributed by atoms with E-state index in [4.69, 9.17) is 16.7 Å². The van der Waals surface area contributed by atoms with Crippen LogP contribution in [0.25, 0.3) is 0 Å². The number of carbonyl (C=O) groups excluding carboxylic acids is 1. The first kappa shape index (κ1) is 24.3. The third kappa shape index (κ3) is 5.78. The number of hydrogen-bond donors (Lipinski definition) is 3. The Morgan fingerprint density at radius 3 is 2.68 bits per heavy atom. The first-order chi connectivity index (χ1) is 16.4. The van der Waals surface area contributed by atoms with E-state index >= 15 is 0 Å². The second-order valence-electron chi connectivity index (χ2n) is 8.86. The lowest BCUT2D eigenvalue weighted by Gasteiger charge is -2.20. The number of aliphatic hydroxyl groups is 2. The summed E-state index contributed by atoms with van der Waals surface area (Å²) in [6, 6.07) is 8.33. The molecule has 0 aliphatic heterocycles. The Bertz CT molecular complexity index is 1160. The summed E-state index contributed by atoms with van der Waals surface area (Å²) in [5, 5.41) is 26.3. The minimum Gasteiger partial charge on any atom is -0.394 e. The van der Waals surface area contributed by atoms with Crippen LogP contribution in [-0.2, 0) is 17.9 Å². The van der Waals surface area contributed by atoms with Crippen molar-refractivity contribution in [1.82, 2.24) is 18.9 Å². The average molecular weight is 488 g/mol. The van der Waals surface area contributed by atoms with Gasteiger partial charge in [0.1, 0.15) is 6.04 Å². The van der Waals surface area contributed by atoms with Gasteiger partial charge < -0.3 is 15.5 Å². The number of nitrogens with one attached hydrogen (secondary N) is 1. The summed E-state index contributed by atoms with van der Waals surface area (Å²) in [5.74, 6) is 0.402. The van der Waals surface area contributed by atoms with Crippen LogP contribution in [0.1, 0.15) is 43.7 Å². The molecule has 2 heterocycles. The molecule has 0 bridgehead atoms. The Kier molecular flexibility index (Phi) is 7.87. The smallest absolute Gasteiger partial charge is 0.329 e. The molecule has 1 aromatic carbocycles. The third-order valence-corrected chi connectivity index (χ3v) is 6.71. The standard InChI is InChI=1S/C24H30ClN5O4/c25-20-8-4-3-7-18(20)14-28-11-12-30(24(28)34)21(13-17-5-1-2-6-17)23(33)26-22-9-10-29(27-22)15-19(32)16-31/h3-4,7-12,17,19,21,31-32H,1-2,5-6,13-16H2,(H,26,27,33)/t19-,21+/m1/s1. The van der Waals surface area contributed by atoms with Crippen LogP contribution >= 0.6 is 11.6 Å². The molecule has 0 unspecified atom stereocenters. The molecule has 34 heavy (non-hydrogen) atoms. The van der Waals surface area contributed by atoms with Crippen LogP contribution in [0.15, 0.2) is 53.7 Å². The minimum absolute atomic E-state index is 0.113. The quantitative estimate of drug-likeness (QED) is 0.407. The van der Waals surface area contributed by atoms with E-state index in [1.165, 1.54) is 9.25 Å². The summed E-state index contributed by atoms with van der Waals surface area (Å²) in [6.45, 7) is 0.0577. The van der Waals surface area contributed by atoms with Crippen LogP contribution in [0, 0.1) is 5.92 Å².